The predicted molar refractivity (Wildman–Crippen MR) is 82.7 cm³/mol. The molecule has 1 unspecified atom stereocenters. The van der Waals surface area contributed by atoms with Crippen LogP contribution >= 0.6 is 15.9 Å². The van der Waals surface area contributed by atoms with Crippen LogP contribution in [-0.4, -0.2) is 6.54 Å². The summed E-state index contributed by atoms with van der Waals surface area (Å²) in [6, 6.07) is 9.00. The van der Waals surface area contributed by atoms with Crippen LogP contribution in [0.3, 0.4) is 0 Å². The van der Waals surface area contributed by atoms with Crippen molar-refractivity contribution in [2.75, 3.05) is 6.54 Å². The molecule has 0 aliphatic heterocycles. The third-order valence-electron chi connectivity index (χ3n) is 3.08. The van der Waals surface area contributed by atoms with E-state index in [0.717, 1.165) is 12.1 Å². The maximum absolute atomic E-state index is 14.1. The highest BCUT2D eigenvalue weighted by Gasteiger charge is 2.12. The normalized spacial score (nSPS) is 12.2. The van der Waals surface area contributed by atoms with Crippen molar-refractivity contribution in [1.82, 2.24) is 5.32 Å². The van der Waals surface area contributed by atoms with E-state index >= 15 is 0 Å². The van der Waals surface area contributed by atoms with E-state index in [2.05, 4.69) is 21.2 Å². The molecule has 1 N–H and O–H groups in total. The van der Waals surface area contributed by atoms with Gasteiger partial charge in [-0.05, 0) is 49.4 Å². The number of benzene rings is 2. The molecule has 0 heterocycles. The number of halogens is 3. The summed E-state index contributed by atoms with van der Waals surface area (Å²) in [5.74, 6) is -1.07. The molecule has 112 valence electrons. The summed E-state index contributed by atoms with van der Waals surface area (Å²) >= 11 is 3.23. The molecule has 21 heavy (non-hydrogen) atoms. The molecule has 0 spiro atoms. The Morgan fingerprint density at radius 1 is 1.10 bits per heavy atom. The van der Waals surface area contributed by atoms with Crippen LogP contribution in [0.5, 0.6) is 11.5 Å². The monoisotopic (exact) mass is 355 g/mol. The fourth-order valence-electron chi connectivity index (χ4n) is 1.97. The zero-order valence-corrected chi connectivity index (χ0v) is 13.4. The van der Waals surface area contributed by atoms with E-state index in [9.17, 15) is 8.78 Å². The molecule has 0 saturated carbocycles. The first-order valence-corrected chi connectivity index (χ1v) is 7.46. The number of hydrogen-bond acceptors (Lipinski definition) is 2. The van der Waals surface area contributed by atoms with Crippen molar-refractivity contribution in [2.24, 2.45) is 0 Å². The minimum Gasteiger partial charge on any atom is -0.451 e. The van der Waals surface area contributed by atoms with Crippen LogP contribution in [0.25, 0.3) is 0 Å². The second-order valence-corrected chi connectivity index (χ2v) is 5.56. The van der Waals surface area contributed by atoms with Gasteiger partial charge in [0.1, 0.15) is 0 Å². The van der Waals surface area contributed by atoms with Crippen LogP contribution in [0, 0.1) is 11.6 Å². The van der Waals surface area contributed by atoms with E-state index in [1.54, 1.807) is 12.1 Å². The Balaban J connectivity index is 2.23. The lowest BCUT2D eigenvalue weighted by atomic mass is 10.1. The minimum absolute atomic E-state index is 0.000511. The second-order valence-electron chi connectivity index (χ2n) is 4.65. The highest BCUT2D eigenvalue weighted by Crippen LogP contribution is 2.30. The maximum Gasteiger partial charge on any atom is 0.166 e. The zero-order valence-electron chi connectivity index (χ0n) is 11.8. The molecule has 2 aromatic carbocycles. The molecule has 0 radical (unpaired) electrons. The van der Waals surface area contributed by atoms with Gasteiger partial charge in [0.25, 0.3) is 0 Å². The van der Waals surface area contributed by atoms with Gasteiger partial charge in [0.05, 0.1) is 0 Å². The molecule has 0 aliphatic rings. The third-order valence-corrected chi connectivity index (χ3v) is 3.57. The lowest BCUT2D eigenvalue weighted by Gasteiger charge is -2.14. The summed E-state index contributed by atoms with van der Waals surface area (Å²) in [4.78, 5) is 0. The summed E-state index contributed by atoms with van der Waals surface area (Å²) in [6.07, 6.45) is 0. The molecular weight excluding hydrogens is 340 g/mol. The quantitative estimate of drug-likeness (QED) is 0.796. The van der Waals surface area contributed by atoms with Crippen LogP contribution in [0.1, 0.15) is 25.5 Å². The maximum atomic E-state index is 14.1. The van der Waals surface area contributed by atoms with Gasteiger partial charge in [-0.2, -0.15) is 0 Å². The van der Waals surface area contributed by atoms with Crippen LogP contribution in [0.4, 0.5) is 8.78 Å². The minimum atomic E-state index is -0.539. The van der Waals surface area contributed by atoms with E-state index in [-0.39, 0.29) is 17.5 Å². The largest absolute Gasteiger partial charge is 0.451 e. The Kier molecular flexibility index (Phi) is 5.31. The third kappa shape index (κ3) is 4.02. The predicted octanol–water partition coefficient (Wildman–Crippen LogP) is 5.19. The summed E-state index contributed by atoms with van der Waals surface area (Å²) in [7, 11) is 0. The van der Waals surface area contributed by atoms with Gasteiger partial charge in [-0.3, -0.25) is 0 Å². The van der Waals surface area contributed by atoms with Crippen molar-refractivity contribution >= 4 is 15.9 Å². The standard InChI is InChI=1S/C16H16BrF2NO/c1-3-20-10(2)11-4-7-15(14(19)8-11)21-16-9-12(17)5-6-13(16)18/h4-10,20H,3H2,1-2H3. The Morgan fingerprint density at radius 3 is 2.52 bits per heavy atom. The van der Waals surface area contributed by atoms with E-state index in [0.29, 0.717) is 4.47 Å². The van der Waals surface area contributed by atoms with Crippen molar-refractivity contribution in [2.45, 2.75) is 19.9 Å². The molecule has 1 atom stereocenters. The van der Waals surface area contributed by atoms with E-state index in [1.807, 2.05) is 13.8 Å². The topological polar surface area (TPSA) is 21.3 Å². The Labute approximate surface area is 131 Å². The molecule has 0 bridgehead atoms. The SMILES string of the molecule is CCNC(C)c1ccc(Oc2cc(Br)ccc2F)c(F)c1. The molecule has 2 aromatic rings. The number of hydrogen-bond donors (Lipinski definition) is 1. The molecule has 0 aromatic heterocycles. The van der Waals surface area contributed by atoms with E-state index in [4.69, 9.17) is 4.74 Å². The Hall–Kier alpha value is -1.46. The molecule has 0 aliphatic carbocycles. The van der Waals surface area contributed by atoms with Crippen LogP contribution in [-0.2, 0) is 0 Å². The fourth-order valence-corrected chi connectivity index (χ4v) is 2.31. The lowest BCUT2D eigenvalue weighted by Crippen LogP contribution is -2.17. The van der Waals surface area contributed by atoms with E-state index in [1.165, 1.54) is 24.3 Å². The van der Waals surface area contributed by atoms with Gasteiger partial charge in [0.15, 0.2) is 23.1 Å². The smallest absolute Gasteiger partial charge is 0.166 e. The van der Waals surface area contributed by atoms with Gasteiger partial charge < -0.3 is 10.1 Å². The summed E-state index contributed by atoms with van der Waals surface area (Å²) in [6.45, 7) is 4.73. The van der Waals surface area contributed by atoms with Gasteiger partial charge in [-0.15, -0.1) is 0 Å². The zero-order chi connectivity index (χ0) is 15.4. The molecule has 2 nitrogen and oxygen atoms in total. The van der Waals surface area contributed by atoms with Gasteiger partial charge in [0.2, 0.25) is 0 Å². The average Bonchev–Trinajstić information content (AvgIpc) is 2.45. The number of nitrogens with one attached hydrogen (secondary N) is 1. The van der Waals surface area contributed by atoms with Gasteiger partial charge in [0, 0.05) is 10.5 Å². The van der Waals surface area contributed by atoms with Crippen molar-refractivity contribution in [3.8, 4) is 11.5 Å². The molecule has 0 fully saturated rings. The molecule has 2 rings (SSSR count). The molecule has 0 amide bonds. The van der Waals surface area contributed by atoms with Crippen molar-refractivity contribution in [3.05, 3.63) is 58.1 Å². The highest BCUT2D eigenvalue weighted by molar-refractivity contribution is 9.10. The summed E-state index contributed by atoms with van der Waals surface area (Å²) in [5.41, 5.74) is 0.816. The first-order chi connectivity index (χ1) is 10.0. The summed E-state index contributed by atoms with van der Waals surface area (Å²) in [5, 5.41) is 3.20. The Morgan fingerprint density at radius 2 is 1.86 bits per heavy atom. The van der Waals surface area contributed by atoms with Crippen molar-refractivity contribution in [1.29, 1.82) is 0 Å². The highest BCUT2D eigenvalue weighted by atomic mass is 79.9. The van der Waals surface area contributed by atoms with Crippen molar-refractivity contribution in [3.63, 3.8) is 0 Å². The van der Waals surface area contributed by atoms with Gasteiger partial charge in [-0.1, -0.05) is 28.9 Å². The first-order valence-electron chi connectivity index (χ1n) is 6.67. The first kappa shape index (κ1) is 15.9. The van der Waals surface area contributed by atoms with E-state index < -0.39 is 11.6 Å². The van der Waals surface area contributed by atoms with Crippen LogP contribution in [0.15, 0.2) is 40.9 Å². The molecule has 0 saturated heterocycles. The van der Waals surface area contributed by atoms with Gasteiger partial charge in [-0.25, -0.2) is 8.78 Å². The average molecular weight is 356 g/mol. The second kappa shape index (κ2) is 7.00. The molecule has 5 heteroatoms. The van der Waals surface area contributed by atoms with Crippen LogP contribution < -0.4 is 10.1 Å². The van der Waals surface area contributed by atoms with Gasteiger partial charge >= 0.3 is 0 Å². The number of rotatable bonds is 5. The fraction of sp³-hybridized carbons (Fsp3) is 0.250. The lowest BCUT2D eigenvalue weighted by molar-refractivity contribution is 0.413. The van der Waals surface area contributed by atoms with Crippen molar-refractivity contribution < 1.29 is 13.5 Å². The number of ether oxygens (including phenoxy) is 1. The van der Waals surface area contributed by atoms with Crippen LogP contribution in [0.2, 0.25) is 0 Å². The molecular formula is C16H16BrF2NO. The Bertz CT molecular complexity index is 634. The summed E-state index contributed by atoms with van der Waals surface area (Å²) < 4.78 is 33.7.